The molecule has 3 heteroatoms. The van der Waals surface area contributed by atoms with Gasteiger partial charge in [0.25, 0.3) is 0 Å². The van der Waals surface area contributed by atoms with E-state index in [0.29, 0.717) is 6.42 Å². The summed E-state index contributed by atoms with van der Waals surface area (Å²) in [6, 6.07) is 11.8. The zero-order chi connectivity index (χ0) is 13.1. The highest BCUT2D eigenvalue weighted by Gasteiger charge is 2.11. The van der Waals surface area contributed by atoms with E-state index >= 15 is 0 Å². The number of ketones is 1. The van der Waals surface area contributed by atoms with Crippen molar-refractivity contribution in [1.29, 1.82) is 0 Å². The van der Waals surface area contributed by atoms with Crippen LogP contribution in [0.25, 0.3) is 10.9 Å². The van der Waals surface area contributed by atoms with Crippen molar-refractivity contribution in [3.05, 3.63) is 66.1 Å². The minimum absolute atomic E-state index is 0.168. The van der Waals surface area contributed by atoms with E-state index in [9.17, 15) is 4.79 Å². The van der Waals surface area contributed by atoms with Crippen LogP contribution in [0.3, 0.4) is 0 Å². The number of aromatic amines is 1. The van der Waals surface area contributed by atoms with Gasteiger partial charge < -0.3 is 4.98 Å². The SMILES string of the molecule is O=C(CCc1cccnc1)c1c[nH]c2ccccc12. The maximum atomic E-state index is 12.3. The van der Waals surface area contributed by atoms with Crippen molar-refractivity contribution in [2.24, 2.45) is 0 Å². The minimum atomic E-state index is 0.168. The summed E-state index contributed by atoms with van der Waals surface area (Å²) in [5.74, 6) is 0.168. The molecular weight excluding hydrogens is 236 g/mol. The molecule has 0 saturated heterocycles. The van der Waals surface area contributed by atoms with Crippen LogP contribution in [-0.4, -0.2) is 15.8 Å². The Morgan fingerprint density at radius 2 is 2.05 bits per heavy atom. The fourth-order valence-corrected chi connectivity index (χ4v) is 2.24. The molecule has 2 aromatic heterocycles. The lowest BCUT2D eigenvalue weighted by Gasteiger charge is -2.00. The smallest absolute Gasteiger partial charge is 0.165 e. The number of Topliss-reactive ketones (excluding diaryl/α,β-unsaturated/α-hetero) is 1. The third kappa shape index (κ3) is 2.40. The molecule has 0 aliphatic heterocycles. The van der Waals surface area contributed by atoms with Crippen molar-refractivity contribution in [3.8, 4) is 0 Å². The molecule has 0 unspecified atom stereocenters. The van der Waals surface area contributed by atoms with Crippen molar-refractivity contribution < 1.29 is 4.79 Å². The summed E-state index contributed by atoms with van der Waals surface area (Å²) in [5, 5.41) is 0.999. The number of carbonyl (C=O) groups is 1. The zero-order valence-corrected chi connectivity index (χ0v) is 10.5. The Balaban J connectivity index is 1.77. The van der Waals surface area contributed by atoms with Crippen molar-refractivity contribution >= 4 is 16.7 Å². The Bertz CT molecular complexity index is 701. The average Bonchev–Trinajstić information content (AvgIpc) is 2.90. The standard InChI is InChI=1S/C16H14N2O/c19-16(8-7-12-4-3-9-17-10-12)14-11-18-15-6-2-1-5-13(14)15/h1-6,9-11,18H,7-8H2. The first kappa shape index (κ1) is 11.7. The highest BCUT2D eigenvalue weighted by atomic mass is 16.1. The quantitative estimate of drug-likeness (QED) is 0.721. The summed E-state index contributed by atoms with van der Waals surface area (Å²) in [6.07, 6.45) is 6.59. The molecule has 0 spiro atoms. The van der Waals surface area contributed by atoms with Gasteiger partial charge in [0, 0.05) is 41.5 Å². The van der Waals surface area contributed by atoms with Crippen LogP contribution >= 0.6 is 0 Å². The predicted octanol–water partition coefficient (Wildman–Crippen LogP) is 3.38. The first-order valence-electron chi connectivity index (χ1n) is 6.33. The molecule has 0 aliphatic carbocycles. The van der Waals surface area contributed by atoms with Crippen molar-refractivity contribution in [2.75, 3.05) is 0 Å². The predicted molar refractivity (Wildman–Crippen MR) is 75.2 cm³/mol. The number of H-pyrrole nitrogens is 1. The summed E-state index contributed by atoms with van der Waals surface area (Å²) in [7, 11) is 0. The lowest BCUT2D eigenvalue weighted by atomic mass is 10.0. The van der Waals surface area contributed by atoms with Gasteiger partial charge in [-0.2, -0.15) is 0 Å². The minimum Gasteiger partial charge on any atom is -0.360 e. The van der Waals surface area contributed by atoms with Crippen LogP contribution < -0.4 is 0 Å². The molecular formula is C16H14N2O. The zero-order valence-electron chi connectivity index (χ0n) is 10.5. The van der Waals surface area contributed by atoms with Crippen LogP contribution in [0.5, 0.6) is 0 Å². The van der Waals surface area contributed by atoms with E-state index < -0.39 is 0 Å². The number of pyridine rings is 1. The Morgan fingerprint density at radius 1 is 1.16 bits per heavy atom. The van der Waals surface area contributed by atoms with E-state index in [-0.39, 0.29) is 5.78 Å². The number of nitrogens with zero attached hydrogens (tertiary/aromatic N) is 1. The van der Waals surface area contributed by atoms with Crippen LogP contribution in [0.1, 0.15) is 22.3 Å². The van der Waals surface area contributed by atoms with Gasteiger partial charge in [-0.15, -0.1) is 0 Å². The molecule has 0 atom stereocenters. The second-order valence-electron chi connectivity index (χ2n) is 4.53. The van der Waals surface area contributed by atoms with Gasteiger partial charge in [-0.3, -0.25) is 9.78 Å². The van der Waals surface area contributed by atoms with Gasteiger partial charge in [0.2, 0.25) is 0 Å². The van der Waals surface area contributed by atoms with Crippen molar-refractivity contribution in [3.63, 3.8) is 0 Å². The third-order valence-corrected chi connectivity index (χ3v) is 3.25. The molecule has 0 aliphatic rings. The van der Waals surface area contributed by atoms with Gasteiger partial charge in [-0.1, -0.05) is 24.3 Å². The number of nitrogens with one attached hydrogen (secondary N) is 1. The monoisotopic (exact) mass is 250 g/mol. The number of carbonyl (C=O) groups excluding carboxylic acids is 1. The molecule has 0 bridgehead atoms. The lowest BCUT2D eigenvalue weighted by molar-refractivity contribution is 0.0984. The number of hydrogen-bond acceptors (Lipinski definition) is 2. The lowest BCUT2D eigenvalue weighted by Crippen LogP contribution is -2.00. The molecule has 19 heavy (non-hydrogen) atoms. The van der Waals surface area contributed by atoms with Gasteiger partial charge >= 0.3 is 0 Å². The van der Waals surface area contributed by atoms with E-state index in [1.807, 2.05) is 42.6 Å². The normalized spacial score (nSPS) is 10.7. The van der Waals surface area contributed by atoms with Gasteiger partial charge in [0.05, 0.1) is 0 Å². The number of aromatic nitrogens is 2. The molecule has 94 valence electrons. The maximum absolute atomic E-state index is 12.3. The van der Waals surface area contributed by atoms with E-state index in [0.717, 1.165) is 28.5 Å². The van der Waals surface area contributed by atoms with Gasteiger partial charge in [0.1, 0.15) is 0 Å². The summed E-state index contributed by atoms with van der Waals surface area (Å²) >= 11 is 0. The molecule has 0 radical (unpaired) electrons. The summed E-state index contributed by atoms with van der Waals surface area (Å²) in [5.41, 5.74) is 2.88. The molecule has 1 N–H and O–H groups in total. The summed E-state index contributed by atoms with van der Waals surface area (Å²) in [4.78, 5) is 19.4. The van der Waals surface area contributed by atoms with E-state index in [1.54, 1.807) is 12.4 Å². The second-order valence-corrected chi connectivity index (χ2v) is 4.53. The highest BCUT2D eigenvalue weighted by Crippen LogP contribution is 2.19. The van der Waals surface area contributed by atoms with E-state index in [4.69, 9.17) is 0 Å². The van der Waals surface area contributed by atoms with Crippen LogP contribution in [0.4, 0.5) is 0 Å². The number of benzene rings is 1. The number of hydrogen-bond donors (Lipinski definition) is 1. The van der Waals surface area contributed by atoms with Gasteiger partial charge in [0.15, 0.2) is 5.78 Å². The van der Waals surface area contributed by atoms with E-state index in [2.05, 4.69) is 9.97 Å². The molecule has 3 nitrogen and oxygen atoms in total. The Morgan fingerprint density at radius 3 is 2.89 bits per heavy atom. The van der Waals surface area contributed by atoms with Crippen LogP contribution in [0.15, 0.2) is 55.0 Å². The fourth-order valence-electron chi connectivity index (χ4n) is 2.24. The van der Waals surface area contributed by atoms with Crippen LogP contribution in [0.2, 0.25) is 0 Å². The van der Waals surface area contributed by atoms with Gasteiger partial charge in [-0.05, 0) is 24.1 Å². The van der Waals surface area contributed by atoms with Crippen molar-refractivity contribution in [2.45, 2.75) is 12.8 Å². The molecule has 0 amide bonds. The van der Waals surface area contributed by atoms with E-state index in [1.165, 1.54) is 0 Å². The second kappa shape index (κ2) is 5.06. The van der Waals surface area contributed by atoms with Crippen LogP contribution in [0, 0.1) is 0 Å². The molecule has 2 heterocycles. The summed E-state index contributed by atoms with van der Waals surface area (Å²) < 4.78 is 0. The molecule has 3 rings (SSSR count). The maximum Gasteiger partial charge on any atom is 0.165 e. The Kier molecular flexibility index (Phi) is 3.11. The topological polar surface area (TPSA) is 45.8 Å². The number of aryl methyl sites for hydroxylation is 1. The highest BCUT2D eigenvalue weighted by molar-refractivity contribution is 6.07. The van der Waals surface area contributed by atoms with Crippen molar-refractivity contribution in [1.82, 2.24) is 9.97 Å². The molecule has 0 fully saturated rings. The number of rotatable bonds is 4. The largest absolute Gasteiger partial charge is 0.360 e. The third-order valence-electron chi connectivity index (χ3n) is 3.25. The number of fused-ring (bicyclic) bond motifs is 1. The van der Waals surface area contributed by atoms with Crippen LogP contribution in [-0.2, 0) is 6.42 Å². The molecule has 0 saturated carbocycles. The Hall–Kier alpha value is -2.42. The first-order chi connectivity index (χ1) is 9.34. The summed E-state index contributed by atoms with van der Waals surface area (Å²) in [6.45, 7) is 0. The fraction of sp³-hybridized carbons (Fsp3) is 0.125. The average molecular weight is 250 g/mol. The first-order valence-corrected chi connectivity index (χ1v) is 6.33. The number of para-hydroxylation sites is 1. The molecule has 1 aromatic carbocycles. The van der Waals surface area contributed by atoms with Gasteiger partial charge in [-0.25, -0.2) is 0 Å². The Labute approximate surface area is 111 Å². The molecule has 3 aromatic rings.